The standard InChI is InChI=1S/C3H3Cl3O4/c4-1(5)2(6)9-10-3(7)8/h1-2H,(H,7,8). The Labute approximate surface area is 71.5 Å². The third-order valence-electron chi connectivity index (χ3n) is 0.409. The number of hydrogen-bond acceptors (Lipinski definition) is 3. The SMILES string of the molecule is O=C(O)OOC(Cl)C(Cl)Cl. The highest BCUT2D eigenvalue weighted by Crippen LogP contribution is 2.15. The quantitative estimate of drug-likeness (QED) is 0.439. The van der Waals surface area contributed by atoms with E-state index in [0.717, 1.165) is 0 Å². The van der Waals surface area contributed by atoms with Crippen molar-refractivity contribution in [3.05, 3.63) is 0 Å². The zero-order valence-corrected chi connectivity index (χ0v) is 6.73. The summed E-state index contributed by atoms with van der Waals surface area (Å²) in [4.78, 5) is 16.1. The molecular formula is C3H3Cl3O4. The lowest BCUT2D eigenvalue weighted by Gasteiger charge is -2.06. The Bertz CT molecular complexity index is 116. The number of carboxylic acid groups (broad SMARTS) is 1. The maximum Gasteiger partial charge on any atom is 0.537 e. The average molecular weight is 209 g/mol. The molecule has 1 atom stereocenters. The van der Waals surface area contributed by atoms with Crippen molar-refractivity contribution >= 4 is 41.0 Å². The Kier molecular flexibility index (Phi) is 4.89. The second-order valence-corrected chi connectivity index (χ2v) is 2.73. The van der Waals surface area contributed by atoms with Crippen LogP contribution in [0.15, 0.2) is 0 Å². The van der Waals surface area contributed by atoms with Crippen molar-refractivity contribution in [2.45, 2.75) is 10.4 Å². The molecule has 0 aromatic carbocycles. The van der Waals surface area contributed by atoms with Crippen molar-refractivity contribution in [3.63, 3.8) is 0 Å². The molecule has 0 saturated carbocycles. The Balaban J connectivity index is 3.39. The number of rotatable bonds is 3. The van der Waals surface area contributed by atoms with Gasteiger partial charge in [-0.1, -0.05) is 11.6 Å². The molecule has 1 unspecified atom stereocenters. The van der Waals surface area contributed by atoms with Crippen LogP contribution < -0.4 is 0 Å². The van der Waals surface area contributed by atoms with Crippen molar-refractivity contribution in [1.29, 1.82) is 0 Å². The van der Waals surface area contributed by atoms with Crippen molar-refractivity contribution < 1.29 is 19.7 Å². The van der Waals surface area contributed by atoms with Crippen molar-refractivity contribution in [2.24, 2.45) is 0 Å². The van der Waals surface area contributed by atoms with Gasteiger partial charge in [0.2, 0.25) is 5.56 Å². The van der Waals surface area contributed by atoms with Crippen molar-refractivity contribution in [2.75, 3.05) is 0 Å². The number of carbonyl (C=O) groups is 1. The lowest BCUT2D eigenvalue weighted by atomic mass is 10.8. The summed E-state index contributed by atoms with van der Waals surface area (Å²) >= 11 is 15.5. The Hall–Kier alpha value is 0.1000. The van der Waals surface area contributed by atoms with Crippen LogP contribution in [0.5, 0.6) is 0 Å². The molecule has 0 aromatic heterocycles. The second-order valence-electron chi connectivity index (χ2n) is 1.13. The second kappa shape index (κ2) is 4.85. The minimum absolute atomic E-state index is 1.04. The molecule has 0 heterocycles. The Morgan fingerprint density at radius 2 is 1.90 bits per heavy atom. The number of alkyl halides is 3. The summed E-state index contributed by atoms with van der Waals surface area (Å²) in [6.07, 6.45) is -1.61. The first-order valence-corrected chi connectivity index (χ1v) is 3.33. The highest BCUT2D eigenvalue weighted by atomic mass is 35.5. The molecule has 0 rings (SSSR count). The number of hydrogen-bond donors (Lipinski definition) is 1. The molecule has 0 bridgehead atoms. The van der Waals surface area contributed by atoms with Crippen LogP contribution in [0.3, 0.4) is 0 Å². The number of halogens is 3. The molecule has 0 fully saturated rings. The Morgan fingerprint density at radius 3 is 2.20 bits per heavy atom. The van der Waals surface area contributed by atoms with Crippen LogP contribution in [0.4, 0.5) is 4.79 Å². The van der Waals surface area contributed by atoms with Crippen LogP contribution in [0.2, 0.25) is 0 Å². The molecule has 0 spiro atoms. The molecule has 60 valence electrons. The van der Waals surface area contributed by atoms with Crippen LogP contribution in [-0.2, 0) is 9.78 Å². The summed E-state index contributed by atoms with van der Waals surface area (Å²) in [5.41, 5.74) is -1.19. The lowest BCUT2D eigenvalue weighted by molar-refractivity contribution is -0.260. The highest BCUT2D eigenvalue weighted by molar-refractivity contribution is 6.48. The van der Waals surface area contributed by atoms with Gasteiger partial charge in [-0.25, -0.2) is 4.79 Å². The van der Waals surface area contributed by atoms with E-state index in [1.807, 2.05) is 0 Å². The minimum Gasteiger partial charge on any atom is -0.448 e. The normalized spacial score (nSPS) is 13.2. The molecule has 10 heavy (non-hydrogen) atoms. The van der Waals surface area contributed by atoms with Gasteiger partial charge in [-0.2, -0.15) is 4.89 Å². The minimum atomic E-state index is -1.61. The van der Waals surface area contributed by atoms with E-state index >= 15 is 0 Å². The van der Waals surface area contributed by atoms with E-state index in [1.165, 1.54) is 0 Å². The highest BCUT2D eigenvalue weighted by Gasteiger charge is 2.16. The lowest BCUT2D eigenvalue weighted by Crippen LogP contribution is -2.15. The molecule has 0 aliphatic heterocycles. The van der Waals surface area contributed by atoms with E-state index in [4.69, 9.17) is 39.9 Å². The van der Waals surface area contributed by atoms with Gasteiger partial charge in [0, 0.05) is 0 Å². The summed E-state index contributed by atoms with van der Waals surface area (Å²) in [7, 11) is 0. The average Bonchev–Trinajstić information content (AvgIpc) is 1.82. The van der Waals surface area contributed by atoms with Gasteiger partial charge in [0.25, 0.3) is 0 Å². The van der Waals surface area contributed by atoms with Gasteiger partial charge in [-0.3, -0.25) is 4.89 Å². The molecule has 1 N–H and O–H groups in total. The van der Waals surface area contributed by atoms with Crippen LogP contribution >= 0.6 is 34.8 Å². The van der Waals surface area contributed by atoms with Gasteiger partial charge in [-0.15, -0.1) is 23.2 Å². The van der Waals surface area contributed by atoms with Gasteiger partial charge < -0.3 is 5.11 Å². The molecule has 0 aliphatic carbocycles. The maximum absolute atomic E-state index is 9.63. The summed E-state index contributed by atoms with van der Waals surface area (Å²) in [5.74, 6) is 0. The molecule has 4 nitrogen and oxygen atoms in total. The van der Waals surface area contributed by atoms with Crippen LogP contribution in [0, 0.1) is 0 Å². The molecule has 0 amide bonds. The van der Waals surface area contributed by atoms with E-state index in [-0.39, 0.29) is 0 Å². The summed E-state index contributed by atoms with van der Waals surface area (Å²) < 4.78 is 0. The fraction of sp³-hybridized carbons (Fsp3) is 0.667. The fourth-order valence-electron chi connectivity index (χ4n) is 0.129. The van der Waals surface area contributed by atoms with E-state index in [0.29, 0.717) is 0 Å². The van der Waals surface area contributed by atoms with Gasteiger partial charge in [0.05, 0.1) is 0 Å². The van der Waals surface area contributed by atoms with Crippen molar-refractivity contribution in [3.8, 4) is 0 Å². The van der Waals surface area contributed by atoms with E-state index in [2.05, 4.69) is 9.78 Å². The monoisotopic (exact) mass is 208 g/mol. The van der Waals surface area contributed by atoms with Crippen molar-refractivity contribution in [1.82, 2.24) is 0 Å². The molecule has 7 heteroatoms. The molecule has 0 aromatic rings. The summed E-state index contributed by atoms with van der Waals surface area (Å²) in [6.45, 7) is 0. The zero-order valence-electron chi connectivity index (χ0n) is 4.46. The van der Waals surface area contributed by atoms with Gasteiger partial charge in [0.15, 0.2) is 4.84 Å². The fourth-order valence-corrected chi connectivity index (χ4v) is 0.249. The molecular weight excluding hydrogens is 206 g/mol. The van der Waals surface area contributed by atoms with Crippen LogP contribution in [-0.4, -0.2) is 21.7 Å². The third-order valence-corrected chi connectivity index (χ3v) is 1.45. The smallest absolute Gasteiger partial charge is 0.448 e. The van der Waals surface area contributed by atoms with E-state index in [9.17, 15) is 4.79 Å². The largest absolute Gasteiger partial charge is 0.537 e. The summed E-state index contributed by atoms with van der Waals surface area (Å²) in [5, 5.41) is 7.85. The van der Waals surface area contributed by atoms with Gasteiger partial charge in [0.1, 0.15) is 0 Å². The van der Waals surface area contributed by atoms with E-state index < -0.39 is 16.6 Å². The Morgan fingerprint density at radius 1 is 1.40 bits per heavy atom. The third kappa shape index (κ3) is 4.93. The predicted molar refractivity (Wildman–Crippen MR) is 35.3 cm³/mol. The first-order valence-electron chi connectivity index (χ1n) is 2.02. The topological polar surface area (TPSA) is 55.8 Å². The first kappa shape index (κ1) is 10.1. The molecule has 0 aliphatic rings. The van der Waals surface area contributed by atoms with Crippen LogP contribution in [0.25, 0.3) is 0 Å². The van der Waals surface area contributed by atoms with Gasteiger partial charge in [-0.05, 0) is 0 Å². The van der Waals surface area contributed by atoms with E-state index in [1.54, 1.807) is 0 Å². The van der Waals surface area contributed by atoms with Crippen LogP contribution in [0.1, 0.15) is 0 Å². The van der Waals surface area contributed by atoms with Gasteiger partial charge >= 0.3 is 6.16 Å². The summed E-state index contributed by atoms with van der Waals surface area (Å²) in [6, 6.07) is 0. The molecule has 0 saturated heterocycles. The first-order chi connectivity index (χ1) is 4.54. The molecule has 0 radical (unpaired) electrons. The maximum atomic E-state index is 9.63. The predicted octanol–water partition coefficient (Wildman–Crippen LogP) is 1.98. The zero-order chi connectivity index (χ0) is 8.15.